The molecule has 1 aromatic rings. The predicted molar refractivity (Wildman–Crippen MR) is 80.0 cm³/mol. The van der Waals surface area contributed by atoms with E-state index >= 15 is 0 Å². The zero-order chi connectivity index (χ0) is 14.8. The zero-order valence-corrected chi connectivity index (χ0v) is 14.1. The number of hydrogen-bond acceptors (Lipinski definition) is 5. The van der Waals surface area contributed by atoms with Gasteiger partial charge in [-0.25, -0.2) is 13.1 Å². The number of nitrogens with one attached hydrogen (secondary N) is 2. The van der Waals surface area contributed by atoms with E-state index in [2.05, 4.69) is 30.9 Å². The van der Waals surface area contributed by atoms with Gasteiger partial charge in [-0.05, 0) is 42.9 Å². The lowest BCUT2D eigenvalue weighted by Crippen LogP contribution is -2.33. The molecule has 0 atom stereocenters. The summed E-state index contributed by atoms with van der Waals surface area (Å²) >= 11 is 3.15. The van der Waals surface area contributed by atoms with Crippen LogP contribution in [-0.4, -0.2) is 46.5 Å². The lowest BCUT2D eigenvalue weighted by atomic mass is 10.4. The molecule has 1 fully saturated rings. The van der Waals surface area contributed by atoms with Crippen molar-refractivity contribution in [2.45, 2.75) is 30.3 Å². The van der Waals surface area contributed by atoms with E-state index in [4.69, 9.17) is 4.42 Å². The minimum atomic E-state index is -3.53. The first kappa shape index (κ1) is 16.0. The van der Waals surface area contributed by atoms with Gasteiger partial charge in [0.1, 0.15) is 10.7 Å². The molecule has 1 aromatic heterocycles. The van der Waals surface area contributed by atoms with Gasteiger partial charge >= 0.3 is 0 Å². The van der Waals surface area contributed by atoms with Gasteiger partial charge in [-0.1, -0.05) is 0 Å². The highest BCUT2D eigenvalue weighted by atomic mass is 79.9. The average molecular weight is 366 g/mol. The Hall–Kier alpha value is -0.410. The molecule has 1 aliphatic carbocycles. The number of hydrogen-bond donors (Lipinski definition) is 2. The van der Waals surface area contributed by atoms with E-state index in [0.29, 0.717) is 31.4 Å². The number of sulfonamides is 1. The molecule has 2 rings (SSSR count). The number of rotatable bonds is 8. The van der Waals surface area contributed by atoms with Crippen LogP contribution in [0.25, 0.3) is 0 Å². The third-order valence-corrected chi connectivity index (χ3v) is 5.59. The van der Waals surface area contributed by atoms with Crippen molar-refractivity contribution in [3.8, 4) is 0 Å². The summed E-state index contributed by atoms with van der Waals surface area (Å²) in [5, 5.41) is 2.92. The Bertz CT molecular complexity index is 554. The summed E-state index contributed by atoms with van der Waals surface area (Å²) in [5.74, 6) is 0.579. The molecule has 1 aliphatic rings. The van der Waals surface area contributed by atoms with Crippen LogP contribution in [0, 0.1) is 0 Å². The van der Waals surface area contributed by atoms with Gasteiger partial charge in [0.15, 0.2) is 4.67 Å². The third kappa shape index (κ3) is 4.05. The summed E-state index contributed by atoms with van der Waals surface area (Å²) < 4.78 is 32.6. The van der Waals surface area contributed by atoms with Gasteiger partial charge in [-0.3, -0.25) is 0 Å². The summed E-state index contributed by atoms with van der Waals surface area (Å²) in [5.41, 5.74) is 0. The lowest BCUT2D eigenvalue weighted by Gasteiger charge is -2.15. The van der Waals surface area contributed by atoms with Crippen molar-refractivity contribution in [3.63, 3.8) is 0 Å². The van der Waals surface area contributed by atoms with Crippen molar-refractivity contribution in [1.82, 2.24) is 14.9 Å². The van der Waals surface area contributed by atoms with Crippen LogP contribution in [0.15, 0.2) is 20.0 Å². The monoisotopic (exact) mass is 365 g/mol. The summed E-state index contributed by atoms with van der Waals surface area (Å²) in [6.07, 6.45) is 2.42. The summed E-state index contributed by atoms with van der Waals surface area (Å²) in [7, 11) is 0.259. The Kier molecular flexibility index (Phi) is 5.25. The fourth-order valence-electron chi connectivity index (χ4n) is 1.97. The Labute approximate surface area is 128 Å². The first-order valence-corrected chi connectivity index (χ1v) is 8.84. The van der Waals surface area contributed by atoms with E-state index in [-0.39, 0.29) is 9.56 Å². The van der Waals surface area contributed by atoms with Gasteiger partial charge in [0.25, 0.3) is 0 Å². The maximum Gasteiger partial charge on any atom is 0.245 e. The minimum absolute atomic E-state index is 0.150. The standard InChI is InChI=1S/C12H20BrN3O3S/c1-14-8-10-7-11(12(13)19-10)20(17,18)15-5-6-16(2)9-3-4-9/h7,9,14-15H,3-6,8H2,1-2H3. The molecule has 0 bridgehead atoms. The zero-order valence-electron chi connectivity index (χ0n) is 11.6. The highest BCUT2D eigenvalue weighted by Gasteiger charge is 2.26. The minimum Gasteiger partial charge on any atom is -0.452 e. The van der Waals surface area contributed by atoms with Crippen molar-refractivity contribution in [1.29, 1.82) is 0 Å². The van der Waals surface area contributed by atoms with Gasteiger partial charge in [0.2, 0.25) is 10.0 Å². The topological polar surface area (TPSA) is 74.6 Å². The van der Waals surface area contributed by atoms with E-state index in [0.717, 1.165) is 0 Å². The summed E-state index contributed by atoms with van der Waals surface area (Å²) in [6.45, 7) is 1.59. The smallest absolute Gasteiger partial charge is 0.245 e. The molecular weight excluding hydrogens is 346 g/mol. The average Bonchev–Trinajstić information content (AvgIpc) is 3.14. The molecule has 20 heavy (non-hydrogen) atoms. The molecule has 1 saturated carbocycles. The van der Waals surface area contributed by atoms with E-state index in [1.807, 2.05) is 7.05 Å². The number of furan rings is 1. The summed E-state index contributed by atoms with van der Waals surface area (Å²) in [4.78, 5) is 2.33. The molecule has 0 unspecified atom stereocenters. The lowest BCUT2D eigenvalue weighted by molar-refractivity contribution is 0.329. The SMILES string of the molecule is CNCc1cc(S(=O)(=O)NCCN(C)C2CC2)c(Br)o1. The van der Waals surface area contributed by atoms with Crippen LogP contribution in [-0.2, 0) is 16.6 Å². The van der Waals surface area contributed by atoms with Crippen molar-refractivity contribution in [2.75, 3.05) is 27.2 Å². The third-order valence-electron chi connectivity index (χ3n) is 3.27. The van der Waals surface area contributed by atoms with E-state index in [1.165, 1.54) is 18.9 Å². The van der Waals surface area contributed by atoms with Gasteiger partial charge < -0.3 is 14.6 Å². The molecule has 0 aliphatic heterocycles. The second-order valence-electron chi connectivity index (χ2n) is 4.99. The fourth-order valence-corrected chi connectivity index (χ4v) is 3.99. The van der Waals surface area contributed by atoms with Crippen LogP contribution in [0.3, 0.4) is 0 Å². The first-order valence-electron chi connectivity index (χ1n) is 6.56. The maximum absolute atomic E-state index is 12.2. The van der Waals surface area contributed by atoms with Crippen LogP contribution < -0.4 is 10.0 Å². The highest BCUT2D eigenvalue weighted by molar-refractivity contribution is 9.10. The highest BCUT2D eigenvalue weighted by Crippen LogP contribution is 2.26. The Morgan fingerprint density at radius 1 is 1.50 bits per heavy atom. The normalized spacial score (nSPS) is 16.0. The molecule has 0 radical (unpaired) electrons. The van der Waals surface area contributed by atoms with Crippen LogP contribution in [0.2, 0.25) is 0 Å². The van der Waals surface area contributed by atoms with Gasteiger partial charge in [-0.15, -0.1) is 0 Å². The summed E-state index contributed by atoms with van der Waals surface area (Å²) in [6, 6.07) is 2.16. The molecule has 6 nitrogen and oxygen atoms in total. The molecule has 0 amide bonds. The maximum atomic E-state index is 12.2. The first-order chi connectivity index (χ1) is 9.44. The molecule has 114 valence electrons. The van der Waals surface area contributed by atoms with Crippen LogP contribution in [0.5, 0.6) is 0 Å². The number of halogens is 1. The van der Waals surface area contributed by atoms with E-state index in [1.54, 1.807) is 7.05 Å². The quantitative estimate of drug-likeness (QED) is 0.722. The van der Waals surface area contributed by atoms with Crippen LogP contribution in [0.1, 0.15) is 18.6 Å². The molecule has 0 saturated heterocycles. The second kappa shape index (κ2) is 6.57. The van der Waals surface area contributed by atoms with E-state index < -0.39 is 10.0 Å². The Morgan fingerprint density at radius 3 is 2.80 bits per heavy atom. The fraction of sp³-hybridized carbons (Fsp3) is 0.667. The van der Waals surface area contributed by atoms with Crippen molar-refractivity contribution in [2.24, 2.45) is 0 Å². The second-order valence-corrected chi connectivity index (χ2v) is 7.45. The van der Waals surface area contributed by atoms with Gasteiger partial charge in [0, 0.05) is 25.2 Å². The van der Waals surface area contributed by atoms with Crippen LogP contribution in [0.4, 0.5) is 0 Å². The van der Waals surface area contributed by atoms with Crippen molar-refractivity contribution in [3.05, 3.63) is 16.5 Å². The van der Waals surface area contributed by atoms with Gasteiger partial charge in [0.05, 0.1) is 6.54 Å². The molecular formula is C12H20BrN3O3S. The molecule has 8 heteroatoms. The largest absolute Gasteiger partial charge is 0.452 e. The number of nitrogens with zero attached hydrogens (tertiary/aromatic N) is 1. The van der Waals surface area contributed by atoms with E-state index in [9.17, 15) is 8.42 Å². The number of likely N-dealkylation sites (N-methyl/N-ethyl adjacent to an activating group) is 1. The molecule has 2 N–H and O–H groups in total. The molecule has 0 spiro atoms. The predicted octanol–water partition coefficient (Wildman–Crippen LogP) is 1.13. The van der Waals surface area contributed by atoms with Crippen LogP contribution >= 0.6 is 15.9 Å². The van der Waals surface area contributed by atoms with Crippen molar-refractivity contribution >= 4 is 26.0 Å². The van der Waals surface area contributed by atoms with Crippen molar-refractivity contribution < 1.29 is 12.8 Å². The molecule has 0 aromatic carbocycles. The molecule has 1 heterocycles. The van der Waals surface area contributed by atoms with Gasteiger partial charge in [-0.2, -0.15) is 0 Å². The Morgan fingerprint density at radius 2 is 2.20 bits per heavy atom. The Balaban J connectivity index is 1.94.